The van der Waals surface area contributed by atoms with Gasteiger partial charge in [0.2, 0.25) is 5.95 Å². The zero-order valence-corrected chi connectivity index (χ0v) is 13.5. The van der Waals surface area contributed by atoms with Gasteiger partial charge in [0.15, 0.2) is 5.65 Å². The van der Waals surface area contributed by atoms with Crippen LogP contribution < -0.4 is 10.5 Å². The highest BCUT2D eigenvalue weighted by Gasteiger charge is 2.24. The molecular formula is C16H16N5OS. The second-order valence-electron chi connectivity index (χ2n) is 5.46. The third-order valence-corrected chi connectivity index (χ3v) is 4.71. The SMILES string of the molecule is COc1ccc(Sc2nc(N)nc3c2ncn3C[C]2CC2)cc1. The van der Waals surface area contributed by atoms with Crippen molar-refractivity contribution in [1.82, 2.24) is 19.5 Å². The van der Waals surface area contributed by atoms with Gasteiger partial charge in [-0.3, -0.25) is 0 Å². The molecule has 0 spiro atoms. The summed E-state index contributed by atoms with van der Waals surface area (Å²) < 4.78 is 7.23. The number of methoxy groups -OCH3 is 1. The maximum absolute atomic E-state index is 5.90. The first-order valence-electron chi connectivity index (χ1n) is 7.37. The Balaban J connectivity index is 1.68. The molecule has 7 heteroatoms. The molecule has 4 rings (SSSR count). The maximum atomic E-state index is 5.90. The van der Waals surface area contributed by atoms with Crippen molar-refractivity contribution in [2.45, 2.75) is 29.3 Å². The largest absolute Gasteiger partial charge is 0.497 e. The van der Waals surface area contributed by atoms with Crippen molar-refractivity contribution in [3.8, 4) is 5.75 Å². The second-order valence-corrected chi connectivity index (χ2v) is 6.52. The van der Waals surface area contributed by atoms with Gasteiger partial charge in [0.25, 0.3) is 0 Å². The highest BCUT2D eigenvalue weighted by Crippen LogP contribution is 2.36. The number of aromatic nitrogens is 4. The van der Waals surface area contributed by atoms with E-state index in [9.17, 15) is 0 Å². The normalized spacial score (nSPS) is 14.3. The topological polar surface area (TPSA) is 78.8 Å². The van der Waals surface area contributed by atoms with Crippen molar-refractivity contribution in [2.75, 3.05) is 12.8 Å². The molecule has 1 aliphatic carbocycles. The summed E-state index contributed by atoms with van der Waals surface area (Å²) in [6.45, 7) is 0.875. The number of rotatable bonds is 5. The van der Waals surface area contributed by atoms with Crippen LogP contribution in [0.1, 0.15) is 12.8 Å². The van der Waals surface area contributed by atoms with E-state index in [1.807, 2.05) is 35.2 Å². The third kappa shape index (κ3) is 2.96. The fraction of sp³-hybridized carbons (Fsp3) is 0.250. The number of hydrogen-bond donors (Lipinski definition) is 1. The predicted molar refractivity (Wildman–Crippen MR) is 89.3 cm³/mol. The molecule has 3 aromatic rings. The summed E-state index contributed by atoms with van der Waals surface area (Å²) in [6.07, 6.45) is 4.23. The van der Waals surface area contributed by atoms with E-state index in [4.69, 9.17) is 10.5 Å². The molecule has 1 fully saturated rings. The molecule has 1 radical (unpaired) electrons. The van der Waals surface area contributed by atoms with Gasteiger partial charge in [-0.1, -0.05) is 11.8 Å². The molecule has 117 valence electrons. The lowest BCUT2D eigenvalue weighted by Gasteiger charge is -2.06. The van der Waals surface area contributed by atoms with Gasteiger partial charge in [0, 0.05) is 11.4 Å². The monoisotopic (exact) mass is 326 g/mol. The van der Waals surface area contributed by atoms with Crippen LogP contribution in [0.2, 0.25) is 0 Å². The number of anilines is 1. The number of ether oxygens (including phenoxy) is 1. The molecule has 0 bridgehead atoms. The minimum Gasteiger partial charge on any atom is -0.497 e. The van der Waals surface area contributed by atoms with Crippen LogP contribution in [0.25, 0.3) is 11.2 Å². The summed E-state index contributed by atoms with van der Waals surface area (Å²) in [5.41, 5.74) is 7.49. The number of hydrogen-bond acceptors (Lipinski definition) is 6. The van der Waals surface area contributed by atoms with Crippen molar-refractivity contribution in [2.24, 2.45) is 0 Å². The Bertz CT molecular complexity index is 842. The molecule has 1 aliphatic rings. The Morgan fingerprint density at radius 1 is 1.22 bits per heavy atom. The van der Waals surface area contributed by atoms with Crippen molar-refractivity contribution in [3.63, 3.8) is 0 Å². The summed E-state index contributed by atoms with van der Waals surface area (Å²) in [7, 11) is 1.65. The molecule has 2 aromatic heterocycles. The van der Waals surface area contributed by atoms with Gasteiger partial charge in [-0.15, -0.1) is 0 Å². The molecule has 1 aromatic carbocycles. The minimum absolute atomic E-state index is 0.274. The number of nitrogen functional groups attached to an aromatic ring is 1. The van der Waals surface area contributed by atoms with Crippen LogP contribution in [0, 0.1) is 5.92 Å². The summed E-state index contributed by atoms with van der Waals surface area (Å²) in [4.78, 5) is 14.3. The van der Waals surface area contributed by atoms with Crippen LogP contribution in [-0.2, 0) is 6.54 Å². The van der Waals surface area contributed by atoms with Crippen LogP contribution in [0.15, 0.2) is 40.5 Å². The van der Waals surface area contributed by atoms with Crippen LogP contribution in [-0.4, -0.2) is 26.6 Å². The van der Waals surface area contributed by atoms with Crippen LogP contribution in [0.3, 0.4) is 0 Å². The van der Waals surface area contributed by atoms with Gasteiger partial charge in [0.05, 0.1) is 13.4 Å². The molecule has 1 saturated carbocycles. The first-order chi connectivity index (χ1) is 11.2. The lowest BCUT2D eigenvalue weighted by Crippen LogP contribution is -2.02. The molecule has 0 atom stereocenters. The van der Waals surface area contributed by atoms with Crippen molar-refractivity contribution in [3.05, 3.63) is 36.5 Å². The Labute approximate surface area is 138 Å². The summed E-state index contributed by atoms with van der Waals surface area (Å²) in [5, 5.41) is 0.775. The van der Waals surface area contributed by atoms with E-state index in [-0.39, 0.29) is 5.95 Å². The van der Waals surface area contributed by atoms with Crippen molar-refractivity contribution < 1.29 is 4.74 Å². The minimum atomic E-state index is 0.274. The molecule has 6 nitrogen and oxygen atoms in total. The van der Waals surface area contributed by atoms with E-state index in [0.717, 1.165) is 33.4 Å². The zero-order chi connectivity index (χ0) is 15.8. The fourth-order valence-electron chi connectivity index (χ4n) is 2.36. The van der Waals surface area contributed by atoms with E-state index in [0.29, 0.717) is 0 Å². The molecule has 0 amide bonds. The number of benzene rings is 1. The first kappa shape index (κ1) is 14.3. The van der Waals surface area contributed by atoms with E-state index in [1.165, 1.54) is 30.5 Å². The average Bonchev–Trinajstić information content (AvgIpc) is 3.28. The second kappa shape index (κ2) is 5.73. The Kier molecular flexibility index (Phi) is 3.57. The van der Waals surface area contributed by atoms with E-state index >= 15 is 0 Å². The van der Waals surface area contributed by atoms with E-state index in [1.54, 1.807) is 7.11 Å². The van der Waals surface area contributed by atoms with Crippen LogP contribution >= 0.6 is 11.8 Å². The highest BCUT2D eigenvalue weighted by molar-refractivity contribution is 7.99. The molecule has 2 N–H and O–H groups in total. The molecule has 2 heterocycles. The van der Waals surface area contributed by atoms with E-state index < -0.39 is 0 Å². The average molecular weight is 326 g/mol. The molecule has 23 heavy (non-hydrogen) atoms. The molecule has 0 aliphatic heterocycles. The number of nitrogens with zero attached hydrogens (tertiary/aromatic N) is 4. The van der Waals surface area contributed by atoms with Gasteiger partial charge >= 0.3 is 0 Å². The Hall–Kier alpha value is -2.28. The Morgan fingerprint density at radius 2 is 2.00 bits per heavy atom. The van der Waals surface area contributed by atoms with Gasteiger partial charge in [-0.25, -0.2) is 9.97 Å². The smallest absolute Gasteiger partial charge is 0.223 e. The molecular weight excluding hydrogens is 310 g/mol. The summed E-state index contributed by atoms with van der Waals surface area (Å²) >= 11 is 1.53. The van der Waals surface area contributed by atoms with Gasteiger partial charge in [0.1, 0.15) is 16.3 Å². The fourth-order valence-corrected chi connectivity index (χ4v) is 3.24. The Morgan fingerprint density at radius 3 is 2.70 bits per heavy atom. The van der Waals surface area contributed by atoms with Crippen LogP contribution in [0.4, 0.5) is 5.95 Å². The van der Waals surface area contributed by atoms with Gasteiger partial charge < -0.3 is 15.0 Å². The van der Waals surface area contributed by atoms with Gasteiger partial charge in [-0.05, 0) is 43.0 Å². The highest BCUT2D eigenvalue weighted by atomic mass is 32.2. The quantitative estimate of drug-likeness (QED) is 0.726. The van der Waals surface area contributed by atoms with Crippen molar-refractivity contribution in [1.29, 1.82) is 0 Å². The zero-order valence-electron chi connectivity index (χ0n) is 12.7. The summed E-state index contributed by atoms with van der Waals surface area (Å²) in [6, 6.07) is 7.83. The lowest BCUT2D eigenvalue weighted by atomic mass is 10.3. The van der Waals surface area contributed by atoms with Crippen molar-refractivity contribution >= 4 is 28.9 Å². The first-order valence-corrected chi connectivity index (χ1v) is 8.18. The summed E-state index contributed by atoms with van der Waals surface area (Å²) in [5.74, 6) is 2.62. The maximum Gasteiger partial charge on any atom is 0.223 e. The van der Waals surface area contributed by atoms with Gasteiger partial charge in [-0.2, -0.15) is 4.98 Å². The van der Waals surface area contributed by atoms with Crippen LogP contribution in [0.5, 0.6) is 5.75 Å². The molecule has 0 unspecified atom stereocenters. The standard InChI is InChI=1S/C16H16N5OS/c1-22-11-4-6-12(7-5-11)23-15-13-14(19-16(17)20-15)21(9-18-13)8-10-2-3-10/h4-7,9H,2-3,8H2,1H3,(H2,17,19,20). The lowest BCUT2D eigenvalue weighted by molar-refractivity contribution is 0.414. The number of nitrogens with two attached hydrogens (primary N) is 1. The number of fused-ring (bicyclic) bond motifs is 1. The predicted octanol–water partition coefficient (Wildman–Crippen LogP) is 2.94. The van der Waals surface area contributed by atoms with E-state index in [2.05, 4.69) is 15.0 Å². The number of imidazole rings is 1. The third-order valence-electron chi connectivity index (χ3n) is 3.72. The molecule has 0 saturated heterocycles.